The molecular weight excluding hydrogens is 260 g/mol. The molecule has 0 atom stereocenters. The lowest BCUT2D eigenvalue weighted by Gasteiger charge is -2.07. The van der Waals surface area contributed by atoms with Crippen LogP contribution in [0.3, 0.4) is 0 Å². The Hall–Kier alpha value is -2.02. The second-order valence-corrected chi connectivity index (χ2v) is 5.48. The van der Waals surface area contributed by atoms with E-state index in [1.54, 1.807) is 15.9 Å². The molecule has 0 spiro atoms. The average molecular weight is 274 g/mol. The van der Waals surface area contributed by atoms with Gasteiger partial charge in [-0.25, -0.2) is 9.97 Å². The van der Waals surface area contributed by atoms with Crippen LogP contribution in [-0.4, -0.2) is 24.6 Å². The third kappa shape index (κ3) is 2.41. The minimum atomic E-state index is 0.627. The Balaban J connectivity index is 1.88. The molecule has 0 bridgehead atoms. The zero-order valence-electron chi connectivity index (χ0n) is 10.8. The number of nitrogens with zero attached hydrogens (tertiary/aromatic N) is 5. The quantitative estimate of drug-likeness (QED) is 0.788. The first-order valence-electron chi connectivity index (χ1n) is 6.11. The van der Waals surface area contributed by atoms with Crippen molar-refractivity contribution in [2.75, 3.05) is 5.32 Å². The number of hydrogen-bond donors (Lipinski definition) is 1. The zero-order chi connectivity index (χ0) is 13.2. The Labute approximate surface area is 114 Å². The van der Waals surface area contributed by atoms with Crippen LogP contribution in [0.4, 0.5) is 5.82 Å². The fourth-order valence-electron chi connectivity index (χ4n) is 1.83. The van der Waals surface area contributed by atoms with Crippen LogP contribution >= 0.6 is 11.3 Å². The molecule has 0 aliphatic carbocycles. The molecule has 3 aromatic heterocycles. The Kier molecular flexibility index (Phi) is 3.12. The summed E-state index contributed by atoms with van der Waals surface area (Å²) in [6, 6.07) is 2.01. The van der Waals surface area contributed by atoms with E-state index >= 15 is 0 Å². The van der Waals surface area contributed by atoms with Gasteiger partial charge >= 0.3 is 0 Å². The van der Waals surface area contributed by atoms with Crippen LogP contribution < -0.4 is 5.32 Å². The van der Waals surface area contributed by atoms with Crippen molar-refractivity contribution in [3.63, 3.8) is 0 Å². The second kappa shape index (κ2) is 4.93. The van der Waals surface area contributed by atoms with Crippen molar-refractivity contribution in [3.8, 4) is 0 Å². The van der Waals surface area contributed by atoms with E-state index in [1.807, 2.05) is 19.2 Å². The highest BCUT2D eigenvalue weighted by Crippen LogP contribution is 2.16. The van der Waals surface area contributed by atoms with Crippen LogP contribution in [0.1, 0.15) is 22.5 Å². The lowest BCUT2D eigenvalue weighted by atomic mass is 10.3. The van der Waals surface area contributed by atoms with Gasteiger partial charge < -0.3 is 5.32 Å². The summed E-state index contributed by atoms with van der Waals surface area (Å²) < 4.78 is 1.72. The molecule has 0 saturated heterocycles. The predicted molar refractivity (Wildman–Crippen MR) is 74.3 cm³/mol. The van der Waals surface area contributed by atoms with Gasteiger partial charge in [0.2, 0.25) is 0 Å². The molecule has 98 valence electrons. The predicted octanol–water partition coefficient (Wildman–Crippen LogP) is 2.06. The van der Waals surface area contributed by atoms with Gasteiger partial charge in [-0.1, -0.05) is 6.92 Å². The highest BCUT2D eigenvalue weighted by Gasteiger charge is 2.07. The highest BCUT2D eigenvalue weighted by atomic mass is 32.1. The molecule has 1 N–H and O–H groups in total. The molecule has 3 rings (SSSR count). The normalized spacial score (nSPS) is 11.1. The maximum absolute atomic E-state index is 4.41. The first-order valence-corrected chi connectivity index (χ1v) is 6.92. The summed E-state index contributed by atoms with van der Waals surface area (Å²) in [7, 11) is 0. The molecule has 0 aliphatic heterocycles. The Bertz CT molecular complexity index is 701. The minimum Gasteiger partial charge on any atom is -0.365 e. The maximum Gasteiger partial charge on any atom is 0.254 e. The molecule has 7 heteroatoms. The van der Waals surface area contributed by atoms with Crippen LogP contribution in [0.15, 0.2) is 18.6 Å². The van der Waals surface area contributed by atoms with Crippen molar-refractivity contribution in [2.24, 2.45) is 0 Å². The molecule has 3 heterocycles. The number of hydrogen-bond acceptors (Lipinski definition) is 6. The van der Waals surface area contributed by atoms with E-state index in [0.717, 1.165) is 29.5 Å². The van der Waals surface area contributed by atoms with Gasteiger partial charge in [0.1, 0.15) is 12.1 Å². The van der Waals surface area contributed by atoms with Gasteiger partial charge in [0.25, 0.3) is 5.78 Å². The first-order chi connectivity index (χ1) is 9.26. The van der Waals surface area contributed by atoms with Gasteiger partial charge in [-0.3, -0.25) is 0 Å². The topological polar surface area (TPSA) is 68.0 Å². The lowest BCUT2D eigenvalue weighted by molar-refractivity contribution is 0.903. The number of aromatic nitrogens is 5. The highest BCUT2D eigenvalue weighted by molar-refractivity contribution is 7.11. The molecule has 0 saturated carbocycles. The summed E-state index contributed by atoms with van der Waals surface area (Å²) in [5.74, 6) is 1.53. The maximum atomic E-state index is 4.41. The summed E-state index contributed by atoms with van der Waals surface area (Å²) in [5, 5.41) is 8.62. The van der Waals surface area contributed by atoms with Crippen LogP contribution in [-0.2, 0) is 13.0 Å². The molecule has 19 heavy (non-hydrogen) atoms. The molecule has 3 aromatic rings. The van der Waals surface area contributed by atoms with Crippen molar-refractivity contribution >= 4 is 22.9 Å². The smallest absolute Gasteiger partial charge is 0.254 e. The molecule has 0 aromatic carbocycles. The van der Waals surface area contributed by atoms with Gasteiger partial charge in [0.05, 0.1) is 11.6 Å². The fraction of sp³-hybridized carbons (Fsp3) is 0.333. The molecular formula is C12H14N6S. The molecule has 0 amide bonds. The molecule has 0 unspecified atom stereocenters. The number of rotatable bonds is 4. The van der Waals surface area contributed by atoms with Crippen LogP contribution in [0.2, 0.25) is 0 Å². The van der Waals surface area contributed by atoms with Crippen molar-refractivity contribution in [3.05, 3.63) is 34.2 Å². The standard InChI is InChI=1S/C12H14N6S/c1-3-9-4-11(18-12(17-9)15-7-16-18)14-6-10-5-13-8(2)19-10/h4-5,7,14H,3,6H2,1-2H3. The van der Waals surface area contributed by atoms with Gasteiger partial charge in [-0.05, 0) is 13.3 Å². The van der Waals surface area contributed by atoms with Crippen molar-refractivity contribution in [1.29, 1.82) is 0 Å². The SMILES string of the molecule is CCc1cc(NCc2cnc(C)s2)n2ncnc2n1. The van der Waals surface area contributed by atoms with Crippen LogP contribution in [0, 0.1) is 6.92 Å². The van der Waals surface area contributed by atoms with Crippen molar-refractivity contribution < 1.29 is 0 Å². The number of aryl methyl sites for hydroxylation is 2. The van der Waals surface area contributed by atoms with E-state index < -0.39 is 0 Å². The summed E-state index contributed by atoms with van der Waals surface area (Å²) in [6.45, 7) is 4.81. The summed E-state index contributed by atoms with van der Waals surface area (Å²) >= 11 is 1.69. The summed E-state index contributed by atoms with van der Waals surface area (Å²) in [6.07, 6.45) is 4.29. The van der Waals surface area contributed by atoms with E-state index in [1.165, 1.54) is 11.2 Å². The third-order valence-corrected chi connectivity index (χ3v) is 3.69. The molecule has 0 radical (unpaired) electrons. The lowest BCUT2D eigenvalue weighted by Crippen LogP contribution is -2.06. The Morgan fingerprint density at radius 3 is 3.00 bits per heavy atom. The number of anilines is 1. The Morgan fingerprint density at radius 2 is 2.26 bits per heavy atom. The van der Waals surface area contributed by atoms with Crippen molar-refractivity contribution in [1.82, 2.24) is 24.6 Å². The monoisotopic (exact) mass is 274 g/mol. The number of nitrogens with one attached hydrogen (secondary N) is 1. The van der Waals surface area contributed by atoms with E-state index in [9.17, 15) is 0 Å². The largest absolute Gasteiger partial charge is 0.365 e. The van der Waals surface area contributed by atoms with E-state index in [2.05, 4.69) is 32.3 Å². The number of thiazole rings is 1. The molecule has 0 fully saturated rings. The summed E-state index contributed by atoms with van der Waals surface area (Å²) in [4.78, 5) is 14.0. The molecule has 0 aliphatic rings. The first kappa shape index (κ1) is 12.0. The van der Waals surface area contributed by atoms with E-state index in [4.69, 9.17) is 0 Å². The Morgan fingerprint density at radius 1 is 1.37 bits per heavy atom. The van der Waals surface area contributed by atoms with Gasteiger partial charge in [-0.2, -0.15) is 14.6 Å². The van der Waals surface area contributed by atoms with Gasteiger partial charge in [-0.15, -0.1) is 11.3 Å². The van der Waals surface area contributed by atoms with Crippen LogP contribution in [0.5, 0.6) is 0 Å². The van der Waals surface area contributed by atoms with E-state index in [-0.39, 0.29) is 0 Å². The van der Waals surface area contributed by atoms with Crippen molar-refractivity contribution in [2.45, 2.75) is 26.8 Å². The number of fused-ring (bicyclic) bond motifs is 1. The zero-order valence-corrected chi connectivity index (χ0v) is 11.6. The fourth-order valence-corrected chi connectivity index (χ4v) is 2.57. The third-order valence-electron chi connectivity index (χ3n) is 2.78. The van der Waals surface area contributed by atoms with Gasteiger partial charge in [0.15, 0.2) is 0 Å². The summed E-state index contributed by atoms with van der Waals surface area (Å²) in [5.41, 5.74) is 1.00. The minimum absolute atomic E-state index is 0.627. The second-order valence-electron chi connectivity index (χ2n) is 4.16. The van der Waals surface area contributed by atoms with E-state index in [0.29, 0.717) is 5.78 Å². The van der Waals surface area contributed by atoms with Crippen LogP contribution in [0.25, 0.3) is 5.78 Å². The average Bonchev–Trinajstić information content (AvgIpc) is 3.04. The molecule has 6 nitrogen and oxygen atoms in total. The van der Waals surface area contributed by atoms with Gasteiger partial charge in [0, 0.05) is 22.8 Å².